The Bertz CT molecular complexity index is 1120. The van der Waals surface area contributed by atoms with Gasteiger partial charge in [0.2, 0.25) is 6.79 Å². The number of thioether (sulfide) groups is 1. The SMILES string of the molecule is CSCC1(C(Nc2cccc3nc(C)ccc23)c2ccc3c(c2)OCO3)CC1(F)F. The molecule has 5 rings (SSSR count). The lowest BCUT2D eigenvalue weighted by molar-refractivity contribution is 0.0646. The third-order valence-corrected chi connectivity index (χ3v) is 6.80. The molecule has 2 heterocycles. The maximum absolute atomic E-state index is 14.8. The monoisotopic (exact) mass is 428 g/mol. The van der Waals surface area contributed by atoms with Gasteiger partial charge in [-0.25, -0.2) is 8.78 Å². The molecular weight excluding hydrogens is 406 g/mol. The van der Waals surface area contributed by atoms with Crippen molar-refractivity contribution < 1.29 is 18.3 Å². The second kappa shape index (κ2) is 7.01. The topological polar surface area (TPSA) is 43.4 Å². The molecule has 1 aliphatic carbocycles. The van der Waals surface area contributed by atoms with Crippen LogP contribution in [0.1, 0.15) is 23.7 Å². The van der Waals surface area contributed by atoms with Crippen molar-refractivity contribution in [1.29, 1.82) is 0 Å². The molecule has 2 aliphatic rings. The highest BCUT2D eigenvalue weighted by Gasteiger charge is 2.74. The number of benzene rings is 2. The van der Waals surface area contributed by atoms with E-state index in [1.807, 2.05) is 55.6 Å². The van der Waals surface area contributed by atoms with Gasteiger partial charge in [-0.3, -0.25) is 4.98 Å². The van der Waals surface area contributed by atoms with Crippen LogP contribution in [0.4, 0.5) is 14.5 Å². The molecule has 0 spiro atoms. The first-order valence-corrected chi connectivity index (χ1v) is 11.2. The van der Waals surface area contributed by atoms with E-state index in [1.165, 1.54) is 11.8 Å². The molecule has 4 nitrogen and oxygen atoms in total. The molecule has 1 N–H and O–H groups in total. The van der Waals surface area contributed by atoms with Gasteiger partial charge in [0.1, 0.15) is 0 Å². The van der Waals surface area contributed by atoms with Gasteiger partial charge < -0.3 is 14.8 Å². The summed E-state index contributed by atoms with van der Waals surface area (Å²) in [5.41, 5.74) is 2.15. The Morgan fingerprint density at radius 1 is 1.13 bits per heavy atom. The number of fused-ring (bicyclic) bond motifs is 2. The predicted molar refractivity (Wildman–Crippen MR) is 116 cm³/mol. The third kappa shape index (κ3) is 3.07. The molecule has 3 aromatic rings. The number of pyridine rings is 1. The molecule has 2 unspecified atom stereocenters. The first kappa shape index (κ1) is 19.4. The van der Waals surface area contributed by atoms with E-state index in [-0.39, 0.29) is 13.2 Å². The van der Waals surface area contributed by atoms with E-state index in [0.29, 0.717) is 17.3 Å². The Morgan fingerprint density at radius 3 is 2.70 bits per heavy atom. The number of ether oxygens (including phenoxy) is 2. The number of nitrogens with zero attached hydrogens (tertiary/aromatic N) is 1. The lowest BCUT2D eigenvalue weighted by Crippen LogP contribution is -2.29. The van der Waals surface area contributed by atoms with E-state index in [1.54, 1.807) is 6.07 Å². The zero-order valence-electron chi connectivity index (χ0n) is 16.7. The van der Waals surface area contributed by atoms with Gasteiger partial charge >= 0.3 is 0 Å². The Hall–Kier alpha value is -2.54. The summed E-state index contributed by atoms with van der Waals surface area (Å²) in [6, 6.07) is 14.6. The van der Waals surface area contributed by atoms with Crippen LogP contribution < -0.4 is 14.8 Å². The van der Waals surface area contributed by atoms with Gasteiger partial charge in [0, 0.05) is 28.9 Å². The van der Waals surface area contributed by atoms with Gasteiger partial charge in [-0.05, 0) is 55.1 Å². The zero-order chi connectivity index (χ0) is 20.9. The molecule has 2 atom stereocenters. The third-order valence-electron chi connectivity index (χ3n) is 6.00. The number of anilines is 1. The Balaban J connectivity index is 1.61. The zero-order valence-corrected chi connectivity index (χ0v) is 17.6. The number of rotatable bonds is 6. The largest absolute Gasteiger partial charge is 0.454 e. The number of hydrogen-bond acceptors (Lipinski definition) is 5. The van der Waals surface area contributed by atoms with E-state index >= 15 is 0 Å². The van der Waals surface area contributed by atoms with Crippen molar-refractivity contribution in [3.63, 3.8) is 0 Å². The summed E-state index contributed by atoms with van der Waals surface area (Å²) in [5.74, 6) is -1.14. The first-order valence-electron chi connectivity index (χ1n) is 9.83. The fourth-order valence-electron chi connectivity index (χ4n) is 4.33. The normalized spacial score (nSPS) is 22.1. The molecule has 1 fully saturated rings. The molecular formula is C23H22F2N2O2S. The van der Waals surface area contributed by atoms with Crippen molar-refractivity contribution in [1.82, 2.24) is 4.98 Å². The second-order valence-electron chi connectivity index (χ2n) is 7.99. The number of aryl methyl sites for hydroxylation is 1. The van der Waals surface area contributed by atoms with Crippen molar-refractivity contribution in [3.05, 3.63) is 59.8 Å². The van der Waals surface area contributed by atoms with Crippen LogP contribution in [0, 0.1) is 12.3 Å². The maximum atomic E-state index is 14.8. The van der Waals surface area contributed by atoms with Crippen molar-refractivity contribution >= 4 is 28.4 Å². The molecule has 1 aromatic heterocycles. The summed E-state index contributed by atoms with van der Waals surface area (Å²) >= 11 is 1.45. The molecule has 1 saturated carbocycles. The van der Waals surface area contributed by atoms with Crippen LogP contribution >= 0.6 is 11.8 Å². The summed E-state index contributed by atoms with van der Waals surface area (Å²) in [6.07, 6.45) is 1.73. The quantitative estimate of drug-likeness (QED) is 0.536. The Morgan fingerprint density at radius 2 is 1.93 bits per heavy atom. The van der Waals surface area contributed by atoms with Crippen LogP contribution in [0.5, 0.6) is 11.5 Å². The van der Waals surface area contributed by atoms with Gasteiger partial charge in [0.05, 0.1) is 17.0 Å². The van der Waals surface area contributed by atoms with Crippen molar-refractivity contribution in [2.45, 2.75) is 25.3 Å². The maximum Gasteiger partial charge on any atom is 0.257 e. The van der Waals surface area contributed by atoms with Crippen LogP contribution in [0.25, 0.3) is 10.9 Å². The molecule has 0 saturated heterocycles. The van der Waals surface area contributed by atoms with E-state index in [9.17, 15) is 8.78 Å². The lowest BCUT2D eigenvalue weighted by atomic mass is 9.90. The first-order chi connectivity index (χ1) is 14.4. The Labute approximate surface area is 178 Å². The van der Waals surface area contributed by atoms with Gasteiger partial charge in [0.15, 0.2) is 11.5 Å². The van der Waals surface area contributed by atoms with Crippen LogP contribution in [-0.2, 0) is 0 Å². The molecule has 156 valence electrons. The summed E-state index contributed by atoms with van der Waals surface area (Å²) in [4.78, 5) is 4.58. The van der Waals surface area contributed by atoms with Crippen LogP contribution in [0.2, 0.25) is 0 Å². The van der Waals surface area contributed by atoms with E-state index in [4.69, 9.17) is 9.47 Å². The van der Waals surface area contributed by atoms with E-state index in [0.717, 1.165) is 27.8 Å². The minimum Gasteiger partial charge on any atom is -0.454 e. The van der Waals surface area contributed by atoms with Crippen LogP contribution in [0.3, 0.4) is 0 Å². The summed E-state index contributed by atoms with van der Waals surface area (Å²) in [7, 11) is 0. The summed E-state index contributed by atoms with van der Waals surface area (Å²) < 4.78 is 40.5. The molecule has 2 aromatic carbocycles. The minimum absolute atomic E-state index is 0.144. The minimum atomic E-state index is -2.73. The van der Waals surface area contributed by atoms with Crippen molar-refractivity contribution in [2.24, 2.45) is 5.41 Å². The fraction of sp³-hybridized carbons (Fsp3) is 0.348. The van der Waals surface area contributed by atoms with Gasteiger partial charge in [-0.15, -0.1) is 0 Å². The number of nitrogens with one attached hydrogen (secondary N) is 1. The molecule has 0 bridgehead atoms. The molecule has 0 radical (unpaired) electrons. The smallest absolute Gasteiger partial charge is 0.257 e. The van der Waals surface area contributed by atoms with Crippen molar-refractivity contribution in [2.75, 3.05) is 24.1 Å². The summed E-state index contributed by atoms with van der Waals surface area (Å²) in [6.45, 7) is 2.09. The van der Waals surface area contributed by atoms with Crippen LogP contribution in [-0.4, -0.2) is 29.7 Å². The number of aromatic nitrogens is 1. The fourth-order valence-corrected chi connectivity index (χ4v) is 5.33. The van der Waals surface area contributed by atoms with Gasteiger partial charge in [-0.2, -0.15) is 11.8 Å². The van der Waals surface area contributed by atoms with Gasteiger partial charge in [0.25, 0.3) is 5.92 Å². The van der Waals surface area contributed by atoms with Gasteiger partial charge in [-0.1, -0.05) is 12.1 Å². The van der Waals surface area contributed by atoms with E-state index in [2.05, 4.69) is 10.3 Å². The molecule has 30 heavy (non-hydrogen) atoms. The number of hydrogen-bond donors (Lipinski definition) is 1. The average Bonchev–Trinajstić information content (AvgIpc) is 3.05. The second-order valence-corrected chi connectivity index (χ2v) is 8.85. The highest BCUT2D eigenvalue weighted by molar-refractivity contribution is 7.98. The molecule has 1 aliphatic heterocycles. The molecule has 0 amide bonds. The highest BCUT2D eigenvalue weighted by Crippen LogP contribution is 2.68. The number of halogens is 2. The summed E-state index contributed by atoms with van der Waals surface area (Å²) in [5, 5.41) is 4.38. The van der Waals surface area contributed by atoms with E-state index < -0.39 is 17.4 Å². The van der Waals surface area contributed by atoms with Crippen molar-refractivity contribution in [3.8, 4) is 11.5 Å². The lowest BCUT2D eigenvalue weighted by Gasteiger charge is -2.30. The standard InChI is InChI=1S/C23H22F2N2O2S/c1-14-6-8-16-17(26-14)4-3-5-18(16)27-21(22(12-30-2)11-23(22,24)25)15-7-9-19-20(10-15)29-13-28-19/h3-10,21,27H,11-13H2,1-2H3. The Kier molecular flexibility index (Phi) is 4.54. The average molecular weight is 429 g/mol. The molecule has 7 heteroatoms. The van der Waals surface area contributed by atoms with Crippen LogP contribution in [0.15, 0.2) is 48.5 Å². The predicted octanol–water partition coefficient (Wildman–Crippen LogP) is 5.81. The number of alkyl halides is 2. The highest BCUT2D eigenvalue weighted by atomic mass is 32.2.